The van der Waals surface area contributed by atoms with E-state index in [-0.39, 0.29) is 24.3 Å². The van der Waals surface area contributed by atoms with Gasteiger partial charge in [-0.2, -0.15) is 0 Å². The molecule has 5 nitrogen and oxygen atoms in total. The lowest BCUT2D eigenvalue weighted by atomic mass is 9.80. The van der Waals surface area contributed by atoms with Crippen LogP contribution in [0, 0.1) is 0 Å². The molecule has 1 saturated heterocycles. The smallest absolute Gasteiger partial charge is 0.238 e. The molecule has 2 atom stereocenters. The van der Waals surface area contributed by atoms with Gasteiger partial charge in [0.1, 0.15) is 0 Å². The Morgan fingerprint density at radius 2 is 1.78 bits per heavy atom. The van der Waals surface area contributed by atoms with Gasteiger partial charge in [-0.1, -0.05) is 42.5 Å². The van der Waals surface area contributed by atoms with Crippen LogP contribution in [0.3, 0.4) is 0 Å². The Hall–Kier alpha value is -2.66. The van der Waals surface area contributed by atoms with Crippen LogP contribution < -0.4 is 10.2 Å². The van der Waals surface area contributed by atoms with Crippen molar-refractivity contribution in [1.29, 1.82) is 0 Å². The number of anilines is 1. The van der Waals surface area contributed by atoms with Crippen LogP contribution in [0.4, 0.5) is 5.69 Å². The van der Waals surface area contributed by atoms with Crippen molar-refractivity contribution in [1.82, 2.24) is 10.2 Å². The number of hydrogen-bond donors (Lipinski definition) is 1. The van der Waals surface area contributed by atoms with Gasteiger partial charge < -0.3 is 10.2 Å². The number of aryl methyl sites for hydroxylation is 1. The maximum atomic E-state index is 13.7. The van der Waals surface area contributed by atoms with Crippen molar-refractivity contribution in [3.05, 3.63) is 65.2 Å². The van der Waals surface area contributed by atoms with Crippen LogP contribution in [0.1, 0.15) is 61.8 Å². The zero-order valence-corrected chi connectivity index (χ0v) is 19.1. The lowest BCUT2D eigenvalue weighted by Gasteiger charge is -2.42. The molecular weight excluding hydrogens is 398 g/mol. The second-order valence-corrected chi connectivity index (χ2v) is 9.75. The summed E-state index contributed by atoms with van der Waals surface area (Å²) < 4.78 is 0. The van der Waals surface area contributed by atoms with E-state index in [2.05, 4.69) is 34.5 Å². The van der Waals surface area contributed by atoms with E-state index in [1.165, 1.54) is 30.4 Å². The molecule has 2 heterocycles. The number of carbonyl (C=O) groups is 2. The molecule has 5 heteroatoms. The Balaban J connectivity index is 1.35. The van der Waals surface area contributed by atoms with E-state index >= 15 is 0 Å². The van der Waals surface area contributed by atoms with E-state index in [1.807, 2.05) is 36.1 Å². The van der Waals surface area contributed by atoms with Gasteiger partial charge in [0.25, 0.3) is 0 Å². The molecule has 3 aliphatic rings. The molecule has 5 rings (SSSR count). The quantitative estimate of drug-likeness (QED) is 0.797. The van der Waals surface area contributed by atoms with Crippen LogP contribution in [-0.2, 0) is 21.4 Å². The fourth-order valence-electron chi connectivity index (χ4n) is 6.15. The van der Waals surface area contributed by atoms with Crippen LogP contribution in [0.25, 0.3) is 0 Å². The summed E-state index contributed by atoms with van der Waals surface area (Å²) in [4.78, 5) is 30.6. The predicted molar refractivity (Wildman–Crippen MR) is 127 cm³/mol. The highest BCUT2D eigenvalue weighted by atomic mass is 16.2. The number of amides is 2. The monoisotopic (exact) mass is 431 g/mol. The third kappa shape index (κ3) is 3.43. The highest BCUT2D eigenvalue weighted by molar-refractivity contribution is 6.10. The summed E-state index contributed by atoms with van der Waals surface area (Å²) in [7, 11) is 1.63. The van der Waals surface area contributed by atoms with Crippen molar-refractivity contribution in [2.75, 3.05) is 25.0 Å². The van der Waals surface area contributed by atoms with Crippen LogP contribution in [0.2, 0.25) is 0 Å². The standard InChI is InChI=1S/C27H33N3O2/c1-27(18-25(31)28-2)22-11-5-6-12-24(22)30(26(27)32)20-14-16-29(17-15-20)23-13-7-9-19-8-3-4-10-21(19)23/h3-6,8,10-12,20,23H,7,9,13-18H2,1-2H3,(H,28,31)/t23-,27+/m0/s1. The molecule has 2 aliphatic heterocycles. The van der Waals surface area contributed by atoms with Crippen LogP contribution in [0.15, 0.2) is 48.5 Å². The van der Waals surface area contributed by atoms with Gasteiger partial charge in [-0.25, -0.2) is 0 Å². The van der Waals surface area contributed by atoms with E-state index in [0.717, 1.165) is 37.2 Å². The molecule has 0 unspecified atom stereocenters. The molecule has 1 N–H and O–H groups in total. The average molecular weight is 432 g/mol. The van der Waals surface area contributed by atoms with E-state index in [1.54, 1.807) is 7.05 Å². The average Bonchev–Trinajstić information content (AvgIpc) is 3.05. The van der Waals surface area contributed by atoms with Gasteiger partial charge in [-0.15, -0.1) is 0 Å². The van der Waals surface area contributed by atoms with Gasteiger partial charge in [0.15, 0.2) is 0 Å². The number of hydrogen-bond acceptors (Lipinski definition) is 3. The summed E-state index contributed by atoms with van der Waals surface area (Å²) in [5.41, 5.74) is 4.18. The number of para-hydroxylation sites is 1. The molecule has 168 valence electrons. The first-order valence-corrected chi connectivity index (χ1v) is 12.0. The normalized spacial score (nSPS) is 26.0. The summed E-state index contributed by atoms with van der Waals surface area (Å²) in [5, 5.41) is 2.70. The summed E-state index contributed by atoms with van der Waals surface area (Å²) in [6, 6.07) is 17.6. The number of carbonyl (C=O) groups excluding carboxylic acids is 2. The van der Waals surface area contributed by atoms with Crippen molar-refractivity contribution >= 4 is 17.5 Å². The fraction of sp³-hybridized carbons (Fsp3) is 0.481. The first-order chi connectivity index (χ1) is 15.5. The van der Waals surface area contributed by atoms with Crippen LogP contribution in [0.5, 0.6) is 0 Å². The summed E-state index contributed by atoms with van der Waals surface area (Å²) >= 11 is 0. The second kappa shape index (κ2) is 8.36. The first kappa shape index (κ1) is 21.2. The van der Waals surface area contributed by atoms with E-state index in [0.29, 0.717) is 6.04 Å². The molecule has 1 fully saturated rings. The molecule has 0 saturated carbocycles. The van der Waals surface area contributed by atoms with E-state index < -0.39 is 5.41 Å². The second-order valence-electron chi connectivity index (χ2n) is 9.75. The molecule has 0 bridgehead atoms. The molecule has 32 heavy (non-hydrogen) atoms. The molecule has 1 aliphatic carbocycles. The lowest BCUT2D eigenvalue weighted by Crippen LogP contribution is -2.50. The number of benzene rings is 2. The van der Waals surface area contributed by atoms with Gasteiger partial charge >= 0.3 is 0 Å². The van der Waals surface area contributed by atoms with Gasteiger partial charge in [0.2, 0.25) is 11.8 Å². The zero-order chi connectivity index (χ0) is 22.3. The number of fused-ring (bicyclic) bond motifs is 2. The molecule has 2 aromatic carbocycles. The number of rotatable bonds is 4. The highest BCUT2D eigenvalue weighted by Crippen LogP contribution is 2.46. The van der Waals surface area contributed by atoms with Gasteiger partial charge in [0.05, 0.1) is 5.41 Å². The van der Waals surface area contributed by atoms with Crippen LogP contribution >= 0.6 is 0 Å². The van der Waals surface area contributed by atoms with Crippen molar-refractivity contribution < 1.29 is 9.59 Å². The number of nitrogens with zero attached hydrogens (tertiary/aromatic N) is 2. The number of piperidine rings is 1. The van der Waals surface area contributed by atoms with E-state index in [9.17, 15) is 9.59 Å². The Morgan fingerprint density at radius 3 is 2.56 bits per heavy atom. The first-order valence-electron chi connectivity index (χ1n) is 12.0. The minimum absolute atomic E-state index is 0.0729. The number of likely N-dealkylation sites (tertiary alicyclic amines) is 1. The Morgan fingerprint density at radius 1 is 1.06 bits per heavy atom. The van der Waals surface area contributed by atoms with E-state index in [4.69, 9.17) is 0 Å². The van der Waals surface area contributed by atoms with Gasteiger partial charge in [-0.05, 0) is 61.8 Å². The third-order valence-corrected chi connectivity index (χ3v) is 7.88. The molecule has 2 amide bonds. The van der Waals surface area contributed by atoms with Crippen molar-refractivity contribution in [3.8, 4) is 0 Å². The maximum absolute atomic E-state index is 13.7. The lowest BCUT2D eigenvalue weighted by molar-refractivity contribution is -0.129. The minimum Gasteiger partial charge on any atom is -0.359 e. The van der Waals surface area contributed by atoms with Gasteiger partial charge in [0, 0.05) is 44.3 Å². The molecule has 0 radical (unpaired) electrons. The summed E-state index contributed by atoms with van der Waals surface area (Å²) in [6.07, 6.45) is 5.78. The van der Waals surface area contributed by atoms with Crippen molar-refractivity contribution in [2.45, 2.75) is 62.9 Å². The Kier molecular flexibility index (Phi) is 5.54. The molecule has 2 aromatic rings. The zero-order valence-electron chi connectivity index (χ0n) is 19.1. The topological polar surface area (TPSA) is 52.7 Å². The third-order valence-electron chi connectivity index (χ3n) is 7.88. The van der Waals surface area contributed by atoms with Gasteiger partial charge in [-0.3, -0.25) is 14.5 Å². The summed E-state index contributed by atoms with van der Waals surface area (Å²) in [5.74, 6) is -0.0213. The van der Waals surface area contributed by atoms with Crippen LogP contribution in [-0.4, -0.2) is 42.9 Å². The maximum Gasteiger partial charge on any atom is 0.238 e. The summed E-state index contributed by atoms with van der Waals surface area (Å²) in [6.45, 7) is 3.93. The number of nitrogens with one attached hydrogen (secondary N) is 1. The molecule has 0 spiro atoms. The Bertz CT molecular complexity index is 1030. The Labute approximate surface area is 190 Å². The van der Waals surface area contributed by atoms with Crippen molar-refractivity contribution in [3.63, 3.8) is 0 Å². The molecule has 0 aromatic heterocycles. The fourth-order valence-corrected chi connectivity index (χ4v) is 6.15. The van der Waals surface area contributed by atoms with Crippen molar-refractivity contribution in [2.24, 2.45) is 0 Å². The largest absolute Gasteiger partial charge is 0.359 e. The minimum atomic E-state index is -0.796. The predicted octanol–water partition coefficient (Wildman–Crippen LogP) is 3.97. The SMILES string of the molecule is CNC(=O)C[C@@]1(C)C(=O)N(C2CCN([C@H]3CCCc4ccccc43)CC2)c2ccccc21. The highest BCUT2D eigenvalue weighted by Gasteiger charge is 2.50. The molecular formula is C27H33N3O2.